The van der Waals surface area contributed by atoms with Gasteiger partial charge in [-0.3, -0.25) is 14.7 Å². The highest BCUT2D eigenvalue weighted by molar-refractivity contribution is 5.98. The van der Waals surface area contributed by atoms with Gasteiger partial charge in [-0.25, -0.2) is 4.98 Å². The summed E-state index contributed by atoms with van der Waals surface area (Å²) in [5.41, 5.74) is 8.90. The van der Waals surface area contributed by atoms with Crippen LogP contribution in [0.25, 0.3) is 0 Å². The molecule has 0 spiro atoms. The molecule has 3 heterocycles. The van der Waals surface area contributed by atoms with Gasteiger partial charge in [0.2, 0.25) is 5.91 Å². The largest absolute Gasteiger partial charge is 0.382 e. The molecule has 0 radical (unpaired) electrons. The Labute approximate surface area is 192 Å². The molecule has 2 aromatic rings. The van der Waals surface area contributed by atoms with Gasteiger partial charge in [0.05, 0.1) is 11.9 Å². The standard InChI is InChI=1S/C26H37N5O/c1-19-9-8-10-20(2)30(19)13-6-3-7-14-31-24-12-5-4-11-21(24)15-22(26(31)32)16-23-17-28-18-25(27)29-23/h4-5,11-12,17-20,22H,3,6-10,13-16H2,1-2H3,(H2,27,29)/t19-,20+,22?. The van der Waals surface area contributed by atoms with Crippen molar-refractivity contribution in [3.63, 3.8) is 0 Å². The summed E-state index contributed by atoms with van der Waals surface area (Å²) >= 11 is 0. The van der Waals surface area contributed by atoms with E-state index in [4.69, 9.17) is 5.73 Å². The highest BCUT2D eigenvalue weighted by Crippen LogP contribution is 2.32. The number of carbonyl (C=O) groups is 1. The van der Waals surface area contributed by atoms with E-state index in [-0.39, 0.29) is 11.8 Å². The van der Waals surface area contributed by atoms with Gasteiger partial charge in [-0.15, -0.1) is 0 Å². The van der Waals surface area contributed by atoms with Crippen LogP contribution in [0.15, 0.2) is 36.7 Å². The van der Waals surface area contributed by atoms with Gasteiger partial charge >= 0.3 is 0 Å². The predicted octanol–water partition coefficient (Wildman–Crippen LogP) is 4.24. The van der Waals surface area contributed by atoms with Crippen LogP contribution in [-0.4, -0.2) is 45.9 Å². The van der Waals surface area contributed by atoms with Crippen molar-refractivity contribution in [3.8, 4) is 0 Å². The molecule has 32 heavy (non-hydrogen) atoms. The number of hydrogen-bond acceptors (Lipinski definition) is 5. The topological polar surface area (TPSA) is 75.3 Å². The lowest BCUT2D eigenvalue weighted by atomic mass is 9.88. The molecule has 1 amide bonds. The van der Waals surface area contributed by atoms with Gasteiger partial charge in [-0.1, -0.05) is 31.0 Å². The molecule has 0 bridgehead atoms. The van der Waals surface area contributed by atoms with Gasteiger partial charge in [-0.2, -0.15) is 0 Å². The Hall–Kier alpha value is -2.47. The van der Waals surface area contributed by atoms with E-state index in [1.54, 1.807) is 12.4 Å². The van der Waals surface area contributed by atoms with Gasteiger partial charge < -0.3 is 10.6 Å². The van der Waals surface area contributed by atoms with Gasteiger partial charge in [-0.05, 0) is 64.1 Å². The number of para-hydroxylation sites is 1. The first-order chi connectivity index (χ1) is 15.5. The van der Waals surface area contributed by atoms with Crippen molar-refractivity contribution in [2.24, 2.45) is 5.92 Å². The molecule has 4 rings (SSSR count). The fraction of sp³-hybridized carbons (Fsp3) is 0.577. The number of nitrogens with two attached hydrogens (primary N) is 1. The maximum Gasteiger partial charge on any atom is 0.230 e. The summed E-state index contributed by atoms with van der Waals surface area (Å²) < 4.78 is 0. The molecular formula is C26H37N5O. The second-order valence-electron chi connectivity index (χ2n) is 9.59. The number of nitrogen functional groups attached to an aromatic ring is 1. The number of nitrogens with zero attached hydrogens (tertiary/aromatic N) is 4. The summed E-state index contributed by atoms with van der Waals surface area (Å²) in [6, 6.07) is 9.72. The highest BCUT2D eigenvalue weighted by atomic mass is 16.2. The van der Waals surface area contributed by atoms with Crippen molar-refractivity contribution in [2.45, 2.75) is 77.3 Å². The van der Waals surface area contributed by atoms with Crippen molar-refractivity contribution in [2.75, 3.05) is 23.7 Å². The van der Waals surface area contributed by atoms with E-state index in [1.165, 1.54) is 37.8 Å². The second kappa shape index (κ2) is 10.4. The number of carbonyl (C=O) groups excluding carboxylic acids is 1. The summed E-state index contributed by atoms with van der Waals surface area (Å²) in [6.45, 7) is 6.68. The minimum absolute atomic E-state index is 0.115. The third kappa shape index (κ3) is 5.29. The van der Waals surface area contributed by atoms with E-state index >= 15 is 0 Å². The van der Waals surface area contributed by atoms with Crippen molar-refractivity contribution in [3.05, 3.63) is 47.9 Å². The van der Waals surface area contributed by atoms with Crippen molar-refractivity contribution in [1.82, 2.24) is 14.9 Å². The number of aromatic nitrogens is 2. The lowest BCUT2D eigenvalue weighted by Gasteiger charge is -2.39. The first kappa shape index (κ1) is 22.7. The molecule has 1 aromatic heterocycles. The summed E-state index contributed by atoms with van der Waals surface area (Å²) in [5, 5.41) is 0. The van der Waals surface area contributed by atoms with Gasteiger partial charge in [0.15, 0.2) is 0 Å². The van der Waals surface area contributed by atoms with Crippen LogP contribution in [0.3, 0.4) is 0 Å². The molecule has 1 saturated heterocycles. The molecule has 6 heteroatoms. The number of piperidine rings is 1. The van der Waals surface area contributed by atoms with Crippen LogP contribution in [0.5, 0.6) is 0 Å². The third-order valence-corrected chi connectivity index (χ3v) is 7.20. The summed E-state index contributed by atoms with van der Waals surface area (Å²) in [6.07, 6.45) is 12.0. The molecule has 1 unspecified atom stereocenters. The van der Waals surface area contributed by atoms with Gasteiger partial charge in [0.25, 0.3) is 0 Å². The smallest absolute Gasteiger partial charge is 0.230 e. The minimum atomic E-state index is -0.115. The fourth-order valence-corrected chi connectivity index (χ4v) is 5.46. The van der Waals surface area contributed by atoms with E-state index in [0.717, 1.165) is 37.2 Å². The molecule has 2 aliphatic rings. The van der Waals surface area contributed by atoms with Crippen LogP contribution < -0.4 is 10.6 Å². The normalized spacial score (nSPS) is 23.9. The van der Waals surface area contributed by atoms with E-state index in [2.05, 4.69) is 46.9 Å². The molecule has 2 N–H and O–H groups in total. The van der Waals surface area contributed by atoms with Crippen LogP contribution in [-0.2, 0) is 17.6 Å². The van der Waals surface area contributed by atoms with Gasteiger partial charge in [0, 0.05) is 42.9 Å². The number of rotatable bonds is 8. The molecule has 2 aliphatic heterocycles. The van der Waals surface area contributed by atoms with E-state index < -0.39 is 0 Å². The summed E-state index contributed by atoms with van der Waals surface area (Å²) in [7, 11) is 0. The Morgan fingerprint density at radius 2 is 1.78 bits per heavy atom. The average Bonchev–Trinajstić information content (AvgIpc) is 2.77. The zero-order chi connectivity index (χ0) is 22.5. The molecule has 0 aliphatic carbocycles. The number of unbranched alkanes of at least 4 members (excludes halogenated alkanes) is 2. The Morgan fingerprint density at radius 3 is 2.56 bits per heavy atom. The number of fused-ring (bicyclic) bond motifs is 1. The van der Waals surface area contributed by atoms with Crippen LogP contribution in [0.4, 0.5) is 11.5 Å². The lowest BCUT2D eigenvalue weighted by molar-refractivity contribution is -0.122. The Kier molecular flexibility index (Phi) is 7.40. The van der Waals surface area contributed by atoms with E-state index in [1.807, 2.05) is 11.0 Å². The highest BCUT2D eigenvalue weighted by Gasteiger charge is 2.32. The quantitative estimate of drug-likeness (QED) is 0.628. The summed E-state index contributed by atoms with van der Waals surface area (Å²) in [4.78, 5) is 26.6. The fourth-order valence-electron chi connectivity index (χ4n) is 5.46. The molecule has 1 fully saturated rings. The zero-order valence-corrected chi connectivity index (χ0v) is 19.5. The van der Waals surface area contributed by atoms with Crippen molar-refractivity contribution < 1.29 is 4.79 Å². The number of likely N-dealkylation sites (tertiary alicyclic amines) is 1. The number of benzene rings is 1. The maximum atomic E-state index is 13.4. The summed E-state index contributed by atoms with van der Waals surface area (Å²) in [5.74, 6) is 0.489. The van der Waals surface area contributed by atoms with E-state index in [0.29, 0.717) is 24.3 Å². The molecular weight excluding hydrogens is 398 g/mol. The zero-order valence-electron chi connectivity index (χ0n) is 19.5. The maximum absolute atomic E-state index is 13.4. The molecule has 172 valence electrons. The van der Waals surface area contributed by atoms with Crippen LogP contribution in [0.2, 0.25) is 0 Å². The Bertz CT molecular complexity index is 907. The molecule has 6 nitrogen and oxygen atoms in total. The van der Waals surface area contributed by atoms with Crippen LogP contribution in [0.1, 0.15) is 63.6 Å². The Balaban J connectivity index is 1.35. The third-order valence-electron chi connectivity index (χ3n) is 7.20. The number of hydrogen-bond donors (Lipinski definition) is 1. The first-order valence-corrected chi connectivity index (χ1v) is 12.2. The monoisotopic (exact) mass is 435 g/mol. The SMILES string of the molecule is C[C@@H]1CCC[C@H](C)N1CCCCCN1C(=O)C(Cc2cncc(N)n2)Cc2ccccc21. The lowest BCUT2D eigenvalue weighted by Crippen LogP contribution is -2.44. The molecule has 0 saturated carbocycles. The van der Waals surface area contributed by atoms with Crippen LogP contribution >= 0.6 is 0 Å². The van der Waals surface area contributed by atoms with E-state index in [9.17, 15) is 4.79 Å². The number of amides is 1. The second-order valence-corrected chi connectivity index (χ2v) is 9.59. The van der Waals surface area contributed by atoms with Crippen molar-refractivity contribution in [1.29, 1.82) is 0 Å². The average molecular weight is 436 g/mol. The number of anilines is 2. The van der Waals surface area contributed by atoms with Crippen molar-refractivity contribution >= 4 is 17.4 Å². The van der Waals surface area contributed by atoms with Gasteiger partial charge in [0.1, 0.15) is 5.82 Å². The minimum Gasteiger partial charge on any atom is -0.382 e. The van der Waals surface area contributed by atoms with Crippen LogP contribution in [0, 0.1) is 5.92 Å². The predicted molar refractivity (Wildman–Crippen MR) is 129 cm³/mol. The molecule has 3 atom stereocenters. The Morgan fingerprint density at radius 1 is 1.03 bits per heavy atom. The molecule has 1 aromatic carbocycles. The first-order valence-electron chi connectivity index (χ1n) is 12.2.